The van der Waals surface area contributed by atoms with Gasteiger partial charge in [0, 0.05) is 16.1 Å². The minimum atomic E-state index is -0.951. The molecule has 0 unspecified atom stereocenters. The van der Waals surface area contributed by atoms with E-state index in [9.17, 15) is 13.6 Å². The number of amides is 1. The number of hydrogen-bond donors (Lipinski definition) is 2. The van der Waals surface area contributed by atoms with E-state index in [-0.39, 0.29) is 5.56 Å². The standard InChI is InChI=1S/C14H12F2N2OS/c1-20-10-4-2-3-9(7-10)18-14(19)8-5-11(15)13(17)12(16)6-8/h2-7H,17H2,1H3,(H,18,19). The third-order valence-electron chi connectivity index (χ3n) is 2.67. The molecular weight excluding hydrogens is 282 g/mol. The fourth-order valence-corrected chi connectivity index (χ4v) is 2.08. The van der Waals surface area contributed by atoms with Crippen LogP contribution in [0.1, 0.15) is 10.4 Å². The molecule has 0 aliphatic carbocycles. The topological polar surface area (TPSA) is 55.1 Å². The second kappa shape index (κ2) is 5.92. The Morgan fingerprint density at radius 1 is 1.20 bits per heavy atom. The van der Waals surface area contributed by atoms with Gasteiger partial charge >= 0.3 is 0 Å². The molecule has 2 aromatic rings. The van der Waals surface area contributed by atoms with Gasteiger partial charge in [0.25, 0.3) is 5.91 Å². The van der Waals surface area contributed by atoms with Gasteiger partial charge in [-0.3, -0.25) is 4.79 Å². The van der Waals surface area contributed by atoms with Crippen LogP contribution in [0.3, 0.4) is 0 Å². The Kier molecular flexibility index (Phi) is 4.24. The fourth-order valence-electron chi connectivity index (χ4n) is 1.62. The molecule has 0 saturated heterocycles. The highest BCUT2D eigenvalue weighted by Crippen LogP contribution is 2.21. The van der Waals surface area contributed by atoms with Gasteiger partial charge in [-0.2, -0.15) is 0 Å². The van der Waals surface area contributed by atoms with Crippen LogP contribution in [0.4, 0.5) is 20.2 Å². The maximum atomic E-state index is 13.3. The van der Waals surface area contributed by atoms with Crippen molar-refractivity contribution in [2.75, 3.05) is 17.3 Å². The van der Waals surface area contributed by atoms with Crippen molar-refractivity contribution >= 4 is 29.0 Å². The summed E-state index contributed by atoms with van der Waals surface area (Å²) in [6, 6.07) is 8.96. The zero-order valence-corrected chi connectivity index (χ0v) is 11.4. The van der Waals surface area contributed by atoms with Crippen LogP contribution < -0.4 is 11.1 Å². The summed E-state index contributed by atoms with van der Waals surface area (Å²) < 4.78 is 26.6. The van der Waals surface area contributed by atoms with Crippen LogP contribution in [0.25, 0.3) is 0 Å². The van der Waals surface area contributed by atoms with E-state index in [4.69, 9.17) is 5.73 Å². The number of nitrogen functional groups attached to an aromatic ring is 1. The molecule has 0 atom stereocenters. The molecule has 20 heavy (non-hydrogen) atoms. The maximum absolute atomic E-state index is 13.3. The summed E-state index contributed by atoms with van der Waals surface area (Å²) >= 11 is 1.52. The van der Waals surface area contributed by atoms with E-state index in [1.54, 1.807) is 18.2 Å². The van der Waals surface area contributed by atoms with Crippen molar-refractivity contribution in [2.24, 2.45) is 0 Å². The number of halogens is 2. The highest BCUT2D eigenvalue weighted by Gasteiger charge is 2.13. The largest absolute Gasteiger partial charge is 0.394 e. The average Bonchev–Trinajstić information content (AvgIpc) is 2.44. The Hall–Kier alpha value is -2.08. The number of nitrogens with two attached hydrogens (primary N) is 1. The fraction of sp³-hybridized carbons (Fsp3) is 0.0714. The Bertz CT molecular complexity index is 638. The lowest BCUT2D eigenvalue weighted by Gasteiger charge is -2.08. The van der Waals surface area contributed by atoms with Gasteiger partial charge in [0.05, 0.1) is 0 Å². The van der Waals surface area contributed by atoms with Gasteiger partial charge in [0.1, 0.15) is 17.3 Å². The lowest BCUT2D eigenvalue weighted by molar-refractivity contribution is 0.102. The van der Waals surface area contributed by atoms with E-state index in [1.807, 2.05) is 12.3 Å². The first kappa shape index (κ1) is 14.3. The summed E-state index contributed by atoms with van der Waals surface area (Å²) in [4.78, 5) is 12.9. The SMILES string of the molecule is CSc1cccc(NC(=O)c2cc(F)c(N)c(F)c2)c1. The van der Waals surface area contributed by atoms with Crippen molar-refractivity contribution in [1.82, 2.24) is 0 Å². The Balaban J connectivity index is 2.23. The van der Waals surface area contributed by atoms with E-state index in [2.05, 4.69) is 5.32 Å². The lowest BCUT2D eigenvalue weighted by Crippen LogP contribution is -2.13. The number of nitrogens with one attached hydrogen (secondary N) is 1. The van der Waals surface area contributed by atoms with Gasteiger partial charge in [0.15, 0.2) is 0 Å². The number of thioether (sulfide) groups is 1. The molecule has 0 spiro atoms. The predicted octanol–water partition coefficient (Wildman–Crippen LogP) is 3.52. The Labute approximate surface area is 119 Å². The Morgan fingerprint density at radius 2 is 1.85 bits per heavy atom. The monoisotopic (exact) mass is 294 g/mol. The summed E-state index contributed by atoms with van der Waals surface area (Å²) in [6.45, 7) is 0. The first-order chi connectivity index (χ1) is 9.51. The molecule has 0 saturated carbocycles. The summed E-state index contributed by atoms with van der Waals surface area (Å²) in [5, 5.41) is 2.58. The minimum Gasteiger partial charge on any atom is -0.394 e. The molecular formula is C14H12F2N2OS. The molecule has 0 aliphatic heterocycles. The van der Waals surface area contributed by atoms with Gasteiger partial charge in [-0.05, 0) is 36.6 Å². The lowest BCUT2D eigenvalue weighted by atomic mass is 10.1. The molecule has 0 aliphatic rings. The smallest absolute Gasteiger partial charge is 0.255 e. The van der Waals surface area contributed by atoms with Crippen molar-refractivity contribution in [3.8, 4) is 0 Å². The van der Waals surface area contributed by atoms with E-state index >= 15 is 0 Å². The molecule has 2 rings (SSSR count). The molecule has 3 N–H and O–H groups in total. The zero-order valence-electron chi connectivity index (χ0n) is 10.6. The van der Waals surface area contributed by atoms with Crippen molar-refractivity contribution in [1.29, 1.82) is 0 Å². The molecule has 0 fully saturated rings. The third-order valence-corrected chi connectivity index (χ3v) is 3.39. The Morgan fingerprint density at radius 3 is 2.45 bits per heavy atom. The van der Waals surface area contributed by atoms with Crippen LogP contribution in [-0.4, -0.2) is 12.2 Å². The molecule has 3 nitrogen and oxygen atoms in total. The zero-order chi connectivity index (χ0) is 14.7. The van der Waals surface area contributed by atoms with Crippen LogP contribution >= 0.6 is 11.8 Å². The molecule has 0 heterocycles. The molecule has 0 bridgehead atoms. The average molecular weight is 294 g/mol. The first-order valence-corrected chi connectivity index (χ1v) is 6.93. The number of rotatable bonds is 3. The van der Waals surface area contributed by atoms with Crippen LogP contribution in [0.2, 0.25) is 0 Å². The second-order valence-corrected chi connectivity index (χ2v) is 4.92. The van der Waals surface area contributed by atoms with Crippen molar-refractivity contribution in [3.05, 3.63) is 53.6 Å². The number of benzene rings is 2. The van der Waals surface area contributed by atoms with E-state index < -0.39 is 23.2 Å². The summed E-state index contributed by atoms with van der Waals surface area (Å²) in [5.74, 6) is -2.50. The normalized spacial score (nSPS) is 10.3. The number of anilines is 2. The number of carbonyl (C=O) groups excluding carboxylic acids is 1. The predicted molar refractivity (Wildman–Crippen MR) is 76.9 cm³/mol. The van der Waals surface area contributed by atoms with Gasteiger partial charge in [-0.15, -0.1) is 11.8 Å². The van der Waals surface area contributed by atoms with Crippen molar-refractivity contribution < 1.29 is 13.6 Å². The van der Waals surface area contributed by atoms with Crippen LogP contribution in [0, 0.1) is 11.6 Å². The molecule has 104 valence electrons. The molecule has 0 radical (unpaired) electrons. The van der Waals surface area contributed by atoms with Crippen LogP contribution in [-0.2, 0) is 0 Å². The highest BCUT2D eigenvalue weighted by atomic mass is 32.2. The maximum Gasteiger partial charge on any atom is 0.255 e. The van der Waals surface area contributed by atoms with Gasteiger partial charge < -0.3 is 11.1 Å². The molecule has 1 amide bonds. The number of carbonyl (C=O) groups is 1. The van der Waals surface area contributed by atoms with Crippen molar-refractivity contribution in [3.63, 3.8) is 0 Å². The summed E-state index contributed by atoms with van der Waals surface area (Å²) in [6.07, 6.45) is 1.91. The molecule has 2 aromatic carbocycles. The van der Waals surface area contributed by atoms with Crippen LogP contribution in [0.15, 0.2) is 41.3 Å². The van der Waals surface area contributed by atoms with E-state index in [0.717, 1.165) is 17.0 Å². The van der Waals surface area contributed by atoms with E-state index in [0.29, 0.717) is 5.69 Å². The highest BCUT2D eigenvalue weighted by molar-refractivity contribution is 7.98. The van der Waals surface area contributed by atoms with Crippen LogP contribution in [0.5, 0.6) is 0 Å². The molecule has 0 aromatic heterocycles. The quantitative estimate of drug-likeness (QED) is 0.672. The first-order valence-electron chi connectivity index (χ1n) is 5.71. The molecule has 6 heteroatoms. The summed E-state index contributed by atoms with van der Waals surface area (Å²) in [7, 11) is 0. The third kappa shape index (κ3) is 3.08. The van der Waals surface area contributed by atoms with Gasteiger partial charge in [-0.25, -0.2) is 8.78 Å². The number of hydrogen-bond acceptors (Lipinski definition) is 3. The minimum absolute atomic E-state index is 0.122. The second-order valence-electron chi connectivity index (χ2n) is 4.04. The van der Waals surface area contributed by atoms with Gasteiger partial charge in [0.2, 0.25) is 0 Å². The summed E-state index contributed by atoms with van der Waals surface area (Å²) in [5.41, 5.74) is 5.00. The van der Waals surface area contributed by atoms with Crippen molar-refractivity contribution in [2.45, 2.75) is 4.90 Å². The van der Waals surface area contributed by atoms with Gasteiger partial charge in [-0.1, -0.05) is 6.07 Å². The van der Waals surface area contributed by atoms with E-state index in [1.165, 1.54) is 11.8 Å².